The van der Waals surface area contributed by atoms with Gasteiger partial charge in [-0.15, -0.1) is 0 Å². The van der Waals surface area contributed by atoms with Gasteiger partial charge >= 0.3 is 6.03 Å². The van der Waals surface area contributed by atoms with E-state index < -0.39 is 11.6 Å². The van der Waals surface area contributed by atoms with Crippen LogP contribution in [-0.4, -0.2) is 85.0 Å². The van der Waals surface area contributed by atoms with Gasteiger partial charge in [-0.05, 0) is 43.4 Å². The van der Waals surface area contributed by atoms with Gasteiger partial charge in [-0.1, -0.05) is 6.07 Å². The molecule has 3 fully saturated rings. The molecule has 0 aromatic heterocycles. The van der Waals surface area contributed by atoms with Crippen molar-refractivity contribution in [3.8, 4) is 11.5 Å². The molecular weight excluding hydrogens is 400 g/mol. The number of carbonyl (C=O) groups excluding carboxylic acids is 3. The molecule has 0 bridgehead atoms. The Kier molecular flexibility index (Phi) is 5.79. The molecule has 1 atom stereocenters. The van der Waals surface area contributed by atoms with Crippen LogP contribution >= 0.6 is 0 Å². The van der Waals surface area contributed by atoms with E-state index in [2.05, 4.69) is 10.2 Å². The van der Waals surface area contributed by atoms with Crippen LogP contribution in [0, 0.1) is 5.92 Å². The Balaban J connectivity index is 1.29. The molecule has 0 unspecified atom stereocenters. The second kappa shape index (κ2) is 8.37. The number of ether oxygens (including phenoxy) is 2. The van der Waals surface area contributed by atoms with Crippen LogP contribution in [0.15, 0.2) is 18.2 Å². The number of rotatable bonds is 7. The molecule has 2 saturated heterocycles. The Morgan fingerprint density at radius 2 is 1.77 bits per heavy atom. The molecule has 9 heteroatoms. The van der Waals surface area contributed by atoms with E-state index in [0.717, 1.165) is 42.9 Å². The molecule has 1 aliphatic carbocycles. The lowest BCUT2D eigenvalue weighted by atomic mass is 9.96. The first-order chi connectivity index (χ1) is 14.9. The minimum Gasteiger partial charge on any atom is -0.493 e. The Bertz CT molecular complexity index is 879. The lowest BCUT2D eigenvalue weighted by molar-refractivity contribution is -0.140. The number of amides is 4. The van der Waals surface area contributed by atoms with Gasteiger partial charge in [0.1, 0.15) is 12.1 Å². The predicted octanol–water partition coefficient (Wildman–Crippen LogP) is 1.07. The topological polar surface area (TPSA) is 91.4 Å². The van der Waals surface area contributed by atoms with E-state index >= 15 is 0 Å². The highest BCUT2D eigenvalue weighted by molar-refractivity contribution is 6.09. The average molecular weight is 431 g/mol. The summed E-state index contributed by atoms with van der Waals surface area (Å²) in [7, 11) is 3.23. The number of methoxy groups -OCH3 is 2. The van der Waals surface area contributed by atoms with Crippen molar-refractivity contribution in [2.24, 2.45) is 5.92 Å². The number of nitrogens with one attached hydrogen (secondary N) is 1. The molecule has 168 valence electrons. The van der Waals surface area contributed by atoms with Crippen molar-refractivity contribution in [3.63, 3.8) is 0 Å². The minimum absolute atomic E-state index is 0.184. The van der Waals surface area contributed by atoms with Crippen LogP contribution in [0.3, 0.4) is 0 Å². The normalized spacial score (nSPS) is 24.4. The van der Waals surface area contributed by atoms with E-state index in [1.54, 1.807) is 26.0 Å². The molecule has 4 amide bonds. The summed E-state index contributed by atoms with van der Waals surface area (Å²) in [5.74, 6) is 1.11. The third-order valence-electron chi connectivity index (χ3n) is 6.57. The van der Waals surface area contributed by atoms with Gasteiger partial charge in [0.15, 0.2) is 11.5 Å². The summed E-state index contributed by atoms with van der Waals surface area (Å²) in [5.41, 5.74) is 0.256. The Morgan fingerprint density at radius 1 is 1.10 bits per heavy atom. The monoisotopic (exact) mass is 430 g/mol. The molecule has 3 aliphatic rings. The third kappa shape index (κ3) is 4.19. The number of carbonyl (C=O) groups is 3. The maximum Gasteiger partial charge on any atom is 0.325 e. The molecule has 1 aromatic carbocycles. The van der Waals surface area contributed by atoms with Crippen molar-refractivity contribution >= 4 is 17.8 Å². The van der Waals surface area contributed by atoms with E-state index in [1.165, 1.54) is 0 Å². The third-order valence-corrected chi connectivity index (χ3v) is 6.57. The zero-order valence-corrected chi connectivity index (χ0v) is 18.3. The van der Waals surface area contributed by atoms with Crippen molar-refractivity contribution in [2.75, 3.05) is 46.9 Å². The van der Waals surface area contributed by atoms with Crippen LogP contribution in [0.25, 0.3) is 0 Å². The van der Waals surface area contributed by atoms with E-state index in [0.29, 0.717) is 24.6 Å². The van der Waals surface area contributed by atoms with Gasteiger partial charge in [0.25, 0.3) is 5.91 Å². The molecule has 1 aromatic rings. The van der Waals surface area contributed by atoms with Gasteiger partial charge in [-0.2, -0.15) is 0 Å². The molecule has 1 saturated carbocycles. The summed E-state index contributed by atoms with van der Waals surface area (Å²) in [5, 5.41) is 2.79. The molecule has 1 N–H and O–H groups in total. The van der Waals surface area contributed by atoms with Crippen LogP contribution in [0.2, 0.25) is 0 Å². The Hall–Kier alpha value is -2.81. The fourth-order valence-corrected chi connectivity index (χ4v) is 4.42. The number of imide groups is 1. The van der Waals surface area contributed by atoms with Gasteiger partial charge in [0, 0.05) is 32.7 Å². The van der Waals surface area contributed by atoms with Gasteiger partial charge in [0.05, 0.1) is 14.2 Å². The summed E-state index contributed by atoms with van der Waals surface area (Å²) < 4.78 is 10.6. The van der Waals surface area contributed by atoms with E-state index in [-0.39, 0.29) is 24.3 Å². The van der Waals surface area contributed by atoms with Crippen molar-refractivity contribution in [2.45, 2.75) is 31.8 Å². The number of urea groups is 1. The number of nitrogens with zero attached hydrogens (tertiary/aromatic N) is 3. The van der Waals surface area contributed by atoms with Crippen LogP contribution in [0.1, 0.15) is 25.3 Å². The first kappa shape index (κ1) is 21.4. The maximum absolute atomic E-state index is 12.8. The van der Waals surface area contributed by atoms with Gasteiger partial charge in [-0.25, -0.2) is 4.79 Å². The highest BCUT2D eigenvalue weighted by Gasteiger charge is 2.56. The summed E-state index contributed by atoms with van der Waals surface area (Å²) >= 11 is 0. The zero-order valence-electron chi connectivity index (χ0n) is 18.3. The number of piperazine rings is 1. The summed E-state index contributed by atoms with van der Waals surface area (Å²) in [6.07, 6.45) is 1.87. The maximum atomic E-state index is 12.8. The number of benzene rings is 1. The molecule has 0 radical (unpaired) electrons. The summed E-state index contributed by atoms with van der Waals surface area (Å²) in [6.45, 7) is 4.89. The largest absolute Gasteiger partial charge is 0.493 e. The van der Waals surface area contributed by atoms with Crippen LogP contribution in [0.4, 0.5) is 4.79 Å². The fraction of sp³-hybridized carbons (Fsp3) is 0.591. The van der Waals surface area contributed by atoms with E-state index in [1.807, 2.05) is 18.2 Å². The highest BCUT2D eigenvalue weighted by atomic mass is 16.5. The number of hydrogen-bond acceptors (Lipinski definition) is 6. The van der Waals surface area contributed by atoms with E-state index in [9.17, 15) is 14.4 Å². The summed E-state index contributed by atoms with van der Waals surface area (Å²) in [6, 6.07) is 5.40. The van der Waals surface area contributed by atoms with Crippen molar-refractivity contribution in [1.29, 1.82) is 0 Å². The first-order valence-electron chi connectivity index (χ1n) is 10.7. The smallest absolute Gasteiger partial charge is 0.325 e. The number of hydrogen-bond donors (Lipinski definition) is 1. The van der Waals surface area contributed by atoms with Gasteiger partial charge < -0.3 is 19.7 Å². The van der Waals surface area contributed by atoms with Gasteiger partial charge in [0.2, 0.25) is 5.91 Å². The zero-order chi connectivity index (χ0) is 22.2. The predicted molar refractivity (Wildman–Crippen MR) is 113 cm³/mol. The molecule has 9 nitrogen and oxygen atoms in total. The first-order valence-corrected chi connectivity index (χ1v) is 10.7. The fourth-order valence-electron chi connectivity index (χ4n) is 4.42. The molecule has 31 heavy (non-hydrogen) atoms. The summed E-state index contributed by atoms with van der Waals surface area (Å²) in [4.78, 5) is 42.9. The molecule has 2 heterocycles. The van der Waals surface area contributed by atoms with Crippen molar-refractivity contribution in [1.82, 2.24) is 20.0 Å². The average Bonchev–Trinajstić information content (AvgIpc) is 3.60. The van der Waals surface area contributed by atoms with Crippen LogP contribution in [-0.2, 0) is 16.1 Å². The van der Waals surface area contributed by atoms with E-state index in [4.69, 9.17) is 9.47 Å². The van der Waals surface area contributed by atoms with Crippen molar-refractivity contribution < 1.29 is 23.9 Å². The van der Waals surface area contributed by atoms with Crippen LogP contribution in [0.5, 0.6) is 11.5 Å². The van der Waals surface area contributed by atoms with Gasteiger partial charge in [-0.3, -0.25) is 19.4 Å². The second-order valence-corrected chi connectivity index (χ2v) is 8.64. The highest BCUT2D eigenvalue weighted by Crippen LogP contribution is 2.42. The van der Waals surface area contributed by atoms with Crippen molar-refractivity contribution in [3.05, 3.63) is 23.8 Å². The minimum atomic E-state index is -0.852. The molecule has 4 rings (SSSR count). The second-order valence-electron chi connectivity index (χ2n) is 8.64. The van der Waals surface area contributed by atoms with Crippen LogP contribution < -0.4 is 14.8 Å². The standard InChI is InChI=1S/C22H30N4O5/c1-22(16-5-6-16)20(28)26(21(29)23-22)14-19(27)25-10-8-24(9-11-25)13-15-4-7-17(30-2)18(12-15)31-3/h4,7,12,16H,5-6,8-11,13-14H2,1-3H3,(H,23,29)/t22-/m0/s1. The molecule has 2 aliphatic heterocycles. The lowest BCUT2D eigenvalue weighted by Gasteiger charge is -2.35. The SMILES string of the molecule is COc1ccc(CN2CCN(C(=O)CN3C(=O)N[C@@](C)(C4CC4)C3=O)CC2)cc1OC. The quantitative estimate of drug-likeness (QED) is 0.651. The molecule has 0 spiro atoms. The Morgan fingerprint density at radius 3 is 2.39 bits per heavy atom. The Labute approximate surface area is 182 Å². The lowest BCUT2D eigenvalue weighted by Crippen LogP contribution is -2.52. The molecular formula is C22H30N4O5.